The average Bonchev–Trinajstić information content (AvgIpc) is 2.86. The average molecular weight is 413 g/mol. The van der Waals surface area contributed by atoms with Crippen LogP contribution in [0.3, 0.4) is 0 Å². The first-order valence-electron chi connectivity index (χ1n) is 6.73. The number of fused-ring (bicyclic) bond motifs is 1. The van der Waals surface area contributed by atoms with E-state index >= 15 is 0 Å². The summed E-state index contributed by atoms with van der Waals surface area (Å²) in [5.41, 5.74) is 0.709. The molecule has 2 N–H and O–H groups in total. The highest BCUT2D eigenvalue weighted by Gasteiger charge is 2.18. The molecule has 8 heteroatoms. The minimum absolute atomic E-state index is 0.174. The summed E-state index contributed by atoms with van der Waals surface area (Å²) in [7, 11) is 0. The molecule has 0 bridgehead atoms. The van der Waals surface area contributed by atoms with Gasteiger partial charge < -0.3 is 5.32 Å². The molecule has 0 spiro atoms. The Balaban J connectivity index is 1.79. The van der Waals surface area contributed by atoms with Gasteiger partial charge in [0.25, 0.3) is 5.91 Å². The van der Waals surface area contributed by atoms with Crippen molar-refractivity contribution >= 4 is 86.2 Å². The largest absolute Gasteiger partial charge is 0.331 e. The lowest BCUT2D eigenvalue weighted by Gasteiger charge is -2.10. The summed E-state index contributed by atoms with van der Waals surface area (Å²) in [5.74, 6) is -0.369. The SMILES string of the molecule is O=C(NC(=S)Nc1ccccc1S)c1sc2cc(Cl)ccc2c1Cl. The lowest BCUT2D eigenvalue weighted by molar-refractivity contribution is 0.0982. The molecule has 0 fully saturated rings. The fraction of sp³-hybridized carbons (Fsp3) is 0. The molecule has 1 aromatic heterocycles. The van der Waals surface area contributed by atoms with E-state index in [4.69, 9.17) is 35.4 Å². The first kappa shape index (κ1) is 17.5. The molecule has 0 aliphatic rings. The third-order valence-corrected chi connectivity index (χ3v) is 5.66. The van der Waals surface area contributed by atoms with Crippen molar-refractivity contribution in [3.8, 4) is 0 Å². The summed E-state index contributed by atoms with van der Waals surface area (Å²) < 4.78 is 0.845. The summed E-state index contributed by atoms with van der Waals surface area (Å²) in [5, 5.41) is 7.51. The second kappa shape index (κ2) is 7.29. The quantitative estimate of drug-likeness (QED) is 0.377. The van der Waals surface area contributed by atoms with Crippen LogP contribution in [-0.2, 0) is 0 Å². The maximum Gasteiger partial charge on any atom is 0.269 e. The van der Waals surface area contributed by atoms with Gasteiger partial charge in [0.05, 0.1) is 10.7 Å². The molecule has 2 aromatic carbocycles. The summed E-state index contributed by atoms with van der Waals surface area (Å²) in [6.07, 6.45) is 0. The number of rotatable bonds is 2. The van der Waals surface area contributed by atoms with Gasteiger partial charge in [-0.25, -0.2) is 0 Å². The van der Waals surface area contributed by atoms with Gasteiger partial charge in [-0.3, -0.25) is 10.1 Å². The van der Waals surface area contributed by atoms with Gasteiger partial charge in [-0.05, 0) is 36.5 Å². The van der Waals surface area contributed by atoms with Gasteiger partial charge in [0.1, 0.15) is 4.88 Å². The zero-order chi connectivity index (χ0) is 17.3. The van der Waals surface area contributed by atoms with Crippen LogP contribution in [0.1, 0.15) is 9.67 Å². The molecule has 24 heavy (non-hydrogen) atoms. The number of nitrogens with one attached hydrogen (secondary N) is 2. The summed E-state index contributed by atoms with van der Waals surface area (Å²) in [4.78, 5) is 13.6. The third-order valence-electron chi connectivity index (χ3n) is 3.18. The van der Waals surface area contributed by atoms with Crippen molar-refractivity contribution in [2.45, 2.75) is 4.90 Å². The van der Waals surface area contributed by atoms with E-state index in [2.05, 4.69) is 23.3 Å². The van der Waals surface area contributed by atoms with E-state index in [0.717, 1.165) is 15.0 Å². The molecule has 3 aromatic rings. The third kappa shape index (κ3) is 3.68. The van der Waals surface area contributed by atoms with Crippen molar-refractivity contribution in [1.29, 1.82) is 0 Å². The Kier molecular flexibility index (Phi) is 5.32. The molecule has 0 atom stereocenters. The van der Waals surface area contributed by atoms with E-state index in [0.29, 0.717) is 20.6 Å². The zero-order valence-corrected chi connectivity index (χ0v) is 16.0. The number of hydrogen-bond acceptors (Lipinski definition) is 4. The number of benzene rings is 2. The first-order chi connectivity index (χ1) is 11.5. The molecule has 0 radical (unpaired) electrons. The monoisotopic (exact) mass is 412 g/mol. The summed E-state index contributed by atoms with van der Waals surface area (Å²) >= 11 is 23.1. The van der Waals surface area contributed by atoms with Crippen LogP contribution in [0.5, 0.6) is 0 Å². The van der Waals surface area contributed by atoms with E-state index in [-0.39, 0.29) is 11.0 Å². The van der Waals surface area contributed by atoms with Gasteiger partial charge >= 0.3 is 0 Å². The maximum atomic E-state index is 12.4. The van der Waals surface area contributed by atoms with Crippen molar-refractivity contribution < 1.29 is 4.79 Å². The van der Waals surface area contributed by atoms with E-state index in [9.17, 15) is 4.79 Å². The van der Waals surface area contributed by atoms with Crippen molar-refractivity contribution in [2.24, 2.45) is 0 Å². The Bertz CT molecular complexity index is 956. The molecule has 3 nitrogen and oxygen atoms in total. The predicted octanol–water partition coefficient (Wildman–Crippen LogP) is 5.62. The molecule has 0 saturated carbocycles. The van der Waals surface area contributed by atoms with Crippen molar-refractivity contribution in [3.05, 3.63) is 57.4 Å². The smallest absolute Gasteiger partial charge is 0.269 e. The molecule has 0 aliphatic heterocycles. The second-order valence-electron chi connectivity index (χ2n) is 4.81. The predicted molar refractivity (Wildman–Crippen MR) is 109 cm³/mol. The Morgan fingerprint density at radius 3 is 2.67 bits per heavy atom. The summed E-state index contributed by atoms with van der Waals surface area (Å²) in [6, 6.07) is 12.6. The number of amides is 1. The highest BCUT2D eigenvalue weighted by molar-refractivity contribution is 7.81. The summed E-state index contributed by atoms with van der Waals surface area (Å²) in [6.45, 7) is 0. The Labute approximate surface area is 163 Å². The topological polar surface area (TPSA) is 41.1 Å². The molecule has 1 heterocycles. The van der Waals surface area contributed by atoms with Crippen LogP contribution in [0.15, 0.2) is 47.4 Å². The van der Waals surface area contributed by atoms with Gasteiger partial charge in [0.2, 0.25) is 0 Å². The molecule has 0 unspecified atom stereocenters. The van der Waals surface area contributed by atoms with E-state index in [1.807, 2.05) is 24.3 Å². The molecule has 0 aliphatic carbocycles. The number of para-hydroxylation sites is 1. The van der Waals surface area contributed by atoms with Crippen molar-refractivity contribution in [3.63, 3.8) is 0 Å². The molecule has 122 valence electrons. The van der Waals surface area contributed by atoms with Crippen molar-refractivity contribution in [1.82, 2.24) is 5.32 Å². The van der Waals surface area contributed by atoms with Crippen LogP contribution in [-0.4, -0.2) is 11.0 Å². The van der Waals surface area contributed by atoms with Gasteiger partial charge in [0, 0.05) is 20.0 Å². The van der Waals surface area contributed by atoms with Crippen LogP contribution >= 0.6 is 59.4 Å². The maximum absolute atomic E-state index is 12.4. The minimum Gasteiger partial charge on any atom is -0.331 e. The number of thiophene rings is 1. The van der Waals surface area contributed by atoms with E-state index in [1.165, 1.54) is 11.3 Å². The highest BCUT2D eigenvalue weighted by Crippen LogP contribution is 2.36. The van der Waals surface area contributed by atoms with E-state index < -0.39 is 0 Å². The number of thiol groups is 1. The molecular formula is C16H10Cl2N2OS3. The Morgan fingerprint density at radius 2 is 1.92 bits per heavy atom. The molecular weight excluding hydrogens is 403 g/mol. The van der Waals surface area contributed by atoms with Gasteiger partial charge in [-0.15, -0.1) is 24.0 Å². The number of hydrogen-bond donors (Lipinski definition) is 3. The fourth-order valence-electron chi connectivity index (χ4n) is 2.08. The molecule has 0 saturated heterocycles. The zero-order valence-electron chi connectivity index (χ0n) is 12.0. The van der Waals surface area contributed by atoms with Crippen LogP contribution in [0.4, 0.5) is 5.69 Å². The van der Waals surface area contributed by atoms with Gasteiger partial charge in [-0.1, -0.05) is 41.4 Å². The van der Waals surface area contributed by atoms with Crippen molar-refractivity contribution in [2.75, 3.05) is 5.32 Å². The lowest BCUT2D eigenvalue weighted by Crippen LogP contribution is -2.33. The van der Waals surface area contributed by atoms with Gasteiger partial charge in [0.15, 0.2) is 5.11 Å². The Hall–Kier alpha value is -1.31. The number of thiocarbonyl (C=S) groups is 1. The number of carbonyl (C=O) groups excluding carboxylic acids is 1. The number of halogens is 2. The van der Waals surface area contributed by atoms with Crippen LogP contribution in [0.2, 0.25) is 10.0 Å². The Morgan fingerprint density at radius 1 is 1.17 bits per heavy atom. The minimum atomic E-state index is -0.369. The number of carbonyl (C=O) groups is 1. The second-order valence-corrected chi connectivity index (χ2v) is 7.57. The first-order valence-corrected chi connectivity index (χ1v) is 9.16. The fourth-order valence-corrected chi connectivity index (χ4v) is 4.19. The van der Waals surface area contributed by atoms with Gasteiger partial charge in [-0.2, -0.15) is 0 Å². The van der Waals surface area contributed by atoms with Crippen LogP contribution in [0, 0.1) is 0 Å². The molecule has 1 amide bonds. The number of anilines is 1. The van der Waals surface area contributed by atoms with E-state index in [1.54, 1.807) is 18.2 Å². The highest BCUT2D eigenvalue weighted by atomic mass is 35.5. The van der Waals surface area contributed by atoms with Crippen LogP contribution in [0.25, 0.3) is 10.1 Å². The van der Waals surface area contributed by atoms with Crippen LogP contribution < -0.4 is 10.6 Å². The standard InChI is InChI=1S/C16H10Cl2N2OS3/c17-8-5-6-9-12(7-8)24-14(13(9)18)15(21)20-16(23)19-10-3-1-2-4-11(10)22/h1-7,22H,(H2,19,20,21,23). The normalized spacial score (nSPS) is 10.6. The molecule has 3 rings (SSSR count). The lowest BCUT2D eigenvalue weighted by atomic mass is 10.2.